The summed E-state index contributed by atoms with van der Waals surface area (Å²) in [6.45, 7) is 3.06. The maximum atomic E-state index is 4.38. The molecule has 0 saturated heterocycles. The monoisotopic (exact) mass is 262 g/mol. The molecule has 1 aliphatic carbocycles. The molecule has 19 heavy (non-hydrogen) atoms. The molecule has 0 spiro atoms. The van der Waals surface area contributed by atoms with E-state index in [-0.39, 0.29) is 5.54 Å². The van der Waals surface area contributed by atoms with Crippen LogP contribution in [0.25, 0.3) is 0 Å². The Morgan fingerprint density at radius 2 is 1.79 bits per heavy atom. The number of hydrogen-bond donors (Lipinski definition) is 1. The van der Waals surface area contributed by atoms with Crippen molar-refractivity contribution in [3.05, 3.63) is 18.0 Å². The van der Waals surface area contributed by atoms with Crippen molar-refractivity contribution < 1.29 is 0 Å². The zero-order chi connectivity index (χ0) is 13.7. The van der Waals surface area contributed by atoms with Crippen LogP contribution in [0.2, 0.25) is 0 Å². The van der Waals surface area contributed by atoms with Crippen molar-refractivity contribution in [2.45, 2.75) is 51.0 Å². The Labute approximate surface area is 116 Å². The fraction of sp³-hybridized carbons (Fsp3) is 0.733. The van der Waals surface area contributed by atoms with Crippen molar-refractivity contribution in [3.8, 4) is 0 Å². The molecule has 0 aliphatic heterocycles. The van der Waals surface area contributed by atoms with Crippen LogP contribution in [0.15, 0.2) is 12.4 Å². The second-order valence-corrected chi connectivity index (χ2v) is 5.80. The molecule has 0 radical (unpaired) electrons. The molecular weight excluding hydrogens is 236 g/mol. The molecule has 1 heterocycles. The summed E-state index contributed by atoms with van der Waals surface area (Å²) in [5.74, 6) is 0.754. The first kappa shape index (κ1) is 14.3. The molecular formula is C15H26N4. The van der Waals surface area contributed by atoms with Gasteiger partial charge in [0, 0.05) is 24.5 Å². The topological polar surface area (TPSA) is 41.1 Å². The molecule has 0 atom stereocenters. The Morgan fingerprint density at radius 3 is 2.32 bits per heavy atom. The summed E-state index contributed by atoms with van der Waals surface area (Å²) < 4.78 is 0. The van der Waals surface area contributed by atoms with Crippen molar-refractivity contribution >= 4 is 5.95 Å². The highest BCUT2D eigenvalue weighted by atomic mass is 15.2. The lowest BCUT2D eigenvalue weighted by Gasteiger charge is -2.43. The van der Waals surface area contributed by atoms with Crippen LogP contribution in [-0.4, -0.2) is 41.0 Å². The highest BCUT2D eigenvalue weighted by molar-refractivity contribution is 5.26. The van der Waals surface area contributed by atoms with Crippen LogP contribution in [0.5, 0.6) is 0 Å². The van der Waals surface area contributed by atoms with Gasteiger partial charge in [0.25, 0.3) is 0 Å². The van der Waals surface area contributed by atoms with Crippen molar-refractivity contribution in [2.24, 2.45) is 0 Å². The second kappa shape index (κ2) is 6.33. The first-order valence-electron chi connectivity index (χ1n) is 7.38. The van der Waals surface area contributed by atoms with Crippen molar-refractivity contribution in [1.82, 2.24) is 14.9 Å². The van der Waals surface area contributed by atoms with E-state index >= 15 is 0 Å². The van der Waals surface area contributed by atoms with Crippen LogP contribution in [-0.2, 0) is 6.42 Å². The van der Waals surface area contributed by atoms with E-state index in [0.29, 0.717) is 0 Å². The summed E-state index contributed by atoms with van der Waals surface area (Å²) in [7, 11) is 4.38. The summed E-state index contributed by atoms with van der Waals surface area (Å²) in [5, 5.41) is 3.42. The fourth-order valence-corrected chi connectivity index (χ4v) is 2.86. The number of aromatic nitrogens is 2. The Hall–Kier alpha value is -1.16. The van der Waals surface area contributed by atoms with Crippen LogP contribution in [0.3, 0.4) is 0 Å². The number of hydrogen-bond acceptors (Lipinski definition) is 4. The van der Waals surface area contributed by atoms with Gasteiger partial charge in [-0.15, -0.1) is 0 Å². The van der Waals surface area contributed by atoms with Crippen molar-refractivity contribution in [2.75, 3.05) is 26.0 Å². The van der Waals surface area contributed by atoms with E-state index in [1.165, 1.54) is 37.7 Å². The molecule has 2 rings (SSSR count). The summed E-state index contributed by atoms with van der Waals surface area (Å²) >= 11 is 0. The van der Waals surface area contributed by atoms with Crippen LogP contribution in [0, 0.1) is 0 Å². The van der Waals surface area contributed by atoms with Crippen molar-refractivity contribution in [3.63, 3.8) is 0 Å². The fourth-order valence-electron chi connectivity index (χ4n) is 2.86. The van der Waals surface area contributed by atoms with Crippen LogP contribution < -0.4 is 5.32 Å². The van der Waals surface area contributed by atoms with Gasteiger partial charge in [-0.1, -0.05) is 26.2 Å². The molecule has 1 aliphatic rings. The predicted octanol–water partition coefficient (Wildman–Crippen LogP) is 2.72. The Morgan fingerprint density at radius 1 is 1.16 bits per heavy atom. The lowest BCUT2D eigenvalue weighted by atomic mass is 9.80. The van der Waals surface area contributed by atoms with Crippen molar-refractivity contribution in [1.29, 1.82) is 0 Å². The Kier molecular flexibility index (Phi) is 4.75. The highest BCUT2D eigenvalue weighted by Crippen LogP contribution is 2.32. The first-order chi connectivity index (χ1) is 9.16. The van der Waals surface area contributed by atoms with E-state index in [9.17, 15) is 0 Å². The van der Waals surface area contributed by atoms with Gasteiger partial charge in [0.05, 0.1) is 0 Å². The molecule has 0 unspecified atom stereocenters. The summed E-state index contributed by atoms with van der Waals surface area (Å²) in [6, 6.07) is 0. The van der Waals surface area contributed by atoms with Crippen LogP contribution in [0.4, 0.5) is 5.95 Å². The number of aryl methyl sites for hydroxylation is 1. The molecule has 1 fully saturated rings. The summed E-state index contributed by atoms with van der Waals surface area (Å²) in [4.78, 5) is 11.1. The van der Waals surface area contributed by atoms with E-state index < -0.39 is 0 Å². The van der Waals surface area contributed by atoms with Gasteiger partial charge in [0.1, 0.15) is 0 Å². The number of nitrogens with one attached hydrogen (secondary N) is 1. The van der Waals surface area contributed by atoms with Crippen LogP contribution >= 0.6 is 0 Å². The highest BCUT2D eigenvalue weighted by Gasteiger charge is 2.34. The van der Waals surface area contributed by atoms with Gasteiger partial charge >= 0.3 is 0 Å². The summed E-state index contributed by atoms with van der Waals surface area (Å²) in [6.07, 6.45) is 11.4. The number of nitrogens with zero attached hydrogens (tertiary/aromatic N) is 3. The van der Waals surface area contributed by atoms with Gasteiger partial charge in [-0.25, -0.2) is 9.97 Å². The van der Waals surface area contributed by atoms with Gasteiger partial charge < -0.3 is 10.2 Å². The molecule has 4 heteroatoms. The summed E-state index contributed by atoms with van der Waals surface area (Å²) in [5.41, 5.74) is 1.45. The first-order valence-corrected chi connectivity index (χ1v) is 7.38. The molecule has 1 aromatic rings. The number of rotatable bonds is 5. The quantitative estimate of drug-likeness (QED) is 0.886. The number of anilines is 1. The molecule has 106 valence electrons. The standard InChI is InChI=1S/C15H26N4/c1-4-13-10-16-14(17-11-13)18-12-15(19(2)3)8-6-5-7-9-15/h10-11H,4-9,12H2,1-3H3,(H,16,17,18). The van der Waals surface area contributed by atoms with E-state index in [0.717, 1.165) is 18.9 Å². The van der Waals surface area contributed by atoms with E-state index in [1.807, 2.05) is 12.4 Å². The minimum Gasteiger partial charge on any atom is -0.352 e. The van der Waals surface area contributed by atoms with Gasteiger partial charge in [-0.2, -0.15) is 0 Å². The minimum absolute atomic E-state index is 0.269. The molecule has 1 N–H and O–H groups in total. The third-order valence-electron chi connectivity index (χ3n) is 4.42. The largest absolute Gasteiger partial charge is 0.352 e. The lowest BCUT2D eigenvalue weighted by molar-refractivity contribution is 0.113. The second-order valence-electron chi connectivity index (χ2n) is 5.80. The number of likely N-dealkylation sites (N-methyl/N-ethyl adjacent to an activating group) is 1. The molecule has 0 amide bonds. The average molecular weight is 262 g/mol. The maximum Gasteiger partial charge on any atom is 0.222 e. The molecule has 1 aromatic heterocycles. The minimum atomic E-state index is 0.269. The molecule has 4 nitrogen and oxygen atoms in total. The zero-order valence-electron chi connectivity index (χ0n) is 12.4. The predicted molar refractivity (Wildman–Crippen MR) is 79.4 cm³/mol. The average Bonchev–Trinajstić information content (AvgIpc) is 2.46. The Balaban J connectivity index is 1.98. The van der Waals surface area contributed by atoms with Gasteiger partial charge in [-0.3, -0.25) is 0 Å². The van der Waals surface area contributed by atoms with Crippen LogP contribution in [0.1, 0.15) is 44.6 Å². The van der Waals surface area contributed by atoms with Gasteiger partial charge in [0.15, 0.2) is 0 Å². The van der Waals surface area contributed by atoms with Gasteiger partial charge in [0.2, 0.25) is 5.95 Å². The van der Waals surface area contributed by atoms with E-state index in [2.05, 4.69) is 41.2 Å². The zero-order valence-corrected chi connectivity index (χ0v) is 12.4. The van der Waals surface area contributed by atoms with E-state index in [4.69, 9.17) is 0 Å². The van der Waals surface area contributed by atoms with E-state index in [1.54, 1.807) is 0 Å². The van der Waals surface area contributed by atoms with Gasteiger partial charge in [-0.05, 0) is 38.9 Å². The normalized spacial score (nSPS) is 18.5. The lowest BCUT2D eigenvalue weighted by Crippen LogP contribution is -2.51. The molecule has 0 bridgehead atoms. The Bertz CT molecular complexity index is 380. The maximum absolute atomic E-state index is 4.38. The molecule has 1 saturated carbocycles. The third kappa shape index (κ3) is 3.44. The smallest absolute Gasteiger partial charge is 0.222 e. The molecule has 0 aromatic carbocycles. The SMILES string of the molecule is CCc1cnc(NCC2(N(C)C)CCCCC2)nc1. The third-order valence-corrected chi connectivity index (χ3v) is 4.42.